The lowest BCUT2D eigenvalue weighted by Gasteiger charge is -2.47. The molecule has 1 amide bonds. The van der Waals surface area contributed by atoms with Crippen molar-refractivity contribution in [2.24, 2.45) is 0 Å². The molecule has 0 aromatic heterocycles. The van der Waals surface area contributed by atoms with Gasteiger partial charge in [0.2, 0.25) is 5.91 Å². The van der Waals surface area contributed by atoms with Gasteiger partial charge in [0.1, 0.15) is 67.1 Å². The van der Waals surface area contributed by atoms with E-state index < -0.39 is 111 Å². The maximum absolute atomic E-state index is 11.8. The second-order valence-corrected chi connectivity index (χ2v) is 11.7. The maximum Gasteiger partial charge on any atom is 0.217 e. The van der Waals surface area contributed by atoms with Crippen LogP contribution in [0.1, 0.15) is 59.3 Å². The number of nitrogens with one attached hydrogen (secondary N) is 1. The van der Waals surface area contributed by atoms with E-state index in [0.29, 0.717) is 6.42 Å². The van der Waals surface area contributed by atoms with Crippen molar-refractivity contribution in [1.29, 1.82) is 0 Å². The van der Waals surface area contributed by atoms with Crippen LogP contribution in [0.5, 0.6) is 0 Å². The summed E-state index contributed by atoms with van der Waals surface area (Å²) in [6.07, 6.45) is -14.2. The molecule has 16 heteroatoms. The number of hydrogen-bond acceptors (Lipinski definition) is 15. The Bertz CT molecular complexity index is 856. The lowest BCUT2D eigenvalue weighted by atomic mass is 9.96. The van der Waals surface area contributed by atoms with E-state index in [1.807, 2.05) is 0 Å². The molecule has 0 aromatic rings. The van der Waals surface area contributed by atoms with Crippen molar-refractivity contribution in [1.82, 2.24) is 5.32 Å². The second-order valence-electron chi connectivity index (χ2n) is 11.7. The van der Waals surface area contributed by atoms with Gasteiger partial charge in [-0.25, -0.2) is 0 Å². The highest BCUT2D eigenvalue weighted by Crippen LogP contribution is 2.31. The fourth-order valence-corrected chi connectivity index (χ4v) is 5.49. The Morgan fingerprint density at radius 1 is 0.705 bits per heavy atom. The zero-order valence-electron chi connectivity index (χ0n) is 25.5. The average molecular weight is 642 g/mol. The summed E-state index contributed by atoms with van der Waals surface area (Å²) in [5.41, 5.74) is 0. The van der Waals surface area contributed by atoms with Crippen molar-refractivity contribution >= 4 is 5.91 Å². The smallest absolute Gasteiger partial charge is 0.217 e. The molecule has 0 spiro atoms. The van der Waals surface area contributed by atoms with Crippen LogP contribution in [0, 0.1) is 0 Å². The van der Waals surface area contributed by atoms with Gasteiger partial charge in [-0.15, -0.1) is 0 Å². The van der Waals surface area contributed by atoms with Crippen LogP contribution in [-0.2, 0) is 33.2 Å². The first kappa shape index (κ1) is 37.4. The zero-order chi connectivity index (χ0) is 32.6. The van der Waals surface area contributed by atoms with E-state index in [2.05, 4.69) is 12.2 Å². The lowest BCUT2D eigenvalue weighted by molar-refractivity contribution is -0.360. The number of amides is 1. The van der Waals surface area contributed by atoms with E-state index in [-0.39, 0.29) is 6.61 Å². The molecule has 44 heavy (non-hydrogen) atoms. The van der Waals surface area contributed by atoms with Crippen LogP contribution < -0.4 is 5.32 Å². The molecule has 0 aromatic carbocycles. The Balaban J connectivity index is 1.67. The van der Waals surface area contributed by atoms with Crippen molar-refractivity contribution in [3.8, 4) is 0 Å². The van der Waals surface area contributed by atoms with Gasteiger partial charge in [-0.2, -0.15) is 0 Å². The molecule has 0 bridgehead atoms. The zero-order valence-corrected chi connectivity index (χ0v) is 25.5. The lowest BCUT2D eigenvalue weighted by Crippen LogP contribution is -2.67. The molecule has 0 aliphatic carbocycles. The normalized spacial score (nSPS) is 43.1. The molecule has 3 fully saturated rings. The molecule has 3 rings (SSSR count). The van der Waals surface area contributed by atoms with Crippen LogP contribution in [-0.4, -0.2) is 159 Å². The average Bonchev–Trinajstić information content (AvgIpc) is 2.99. The monoisotopic (exact) mass is 641 g/mol. The van der Waals surface area contributed by atoms with Crippen LogP contribution in [0.4, 0.5) is 0 Å². The van der Waals surface area contributed by atoms with Gasteiger partial charge in [0, 0.05) is 13.5 Å². The molecule has 3 aliphatic heterocycles. The van der Waals surface area contributed by atoms with Gasteiger partial charge in [0.05, 0.1) is 19.3 Å². The van der Waals surface area contributed by atoms with E-state index in [1.165, 1.54) is 6.92 Å². The summed E-state index contributed by atoms with van der Waals surface area (Å²) in [7, 11) is 0. The van der Waals surface area contributed by atoms with Crippen molar-refractivity contribution in [2.45, 2.75) is 151 Å². The van der Waals surface area contributed by atoms with Crippen molar-refractivity contribution in [3.63, 3.8) is 0 Å². The van der Waals surface area contributed by atoms with Gasteiger partial charge in [0.15, 0.2) is 18.9 Å². The van der Waals surface area contributed by atoms with Gasteiger partial charge in [-0.05, 0) is 13.3 Å². The van der Waals surface area contributed by atoms with Gasteiger partial charge in [0.25, 0.3) is 0 Å². The minimum absolute atomic E-state index is 0.264. The SMILES string of the molecule is CCCCCCCCO[C@H]1O[C@H](CO[C@@H]2O[C@H](C)[C@@H](O)[C@H](O)[C@@H]2O[C@@H]2O[C@H](CO)[C@@H](O)[C@H](O)[C@@H]2NC(C)=O)[C@@H](O)[C@H](O)[C@H]1O. The molecule has 3 heterocycles. The van der Waals surface area contributed by atoms with Gasteiger partial charge >= 0.3 is 0 Å². The first-order chi connectivity index (χ1) is 20.9. The van der Waals surface area contributed by atoms with E-state index in [0.717, 1.165) is 39.0 Å². The van der Waals surface area contributed by atoms with Crippen molar-refractivity contribution in [2.75, 3.05) is 19.8 Å². The van der Waals surface area contributed by atoms with E-state index in [4.69, 9.17) is 28.4 Å². The molecule has 3 aliphatic rings. The molecule has 0 unspecified atom stereocenters. The summed E-state index contributed by atoms with van der Waals surface area (Å²) < 4.78 is 34.3. The number of carbonyl (C=O) groups excluding carboxylic acids is 1. The third kappa shape index (κ3) is 9.48. The van der Waals surface area contributed by atoms with Crippen molar-refractivity contribution < 1.29 is 74.1 Å². The third-order valence-corrected chi connectivity index (χ3v) is 8.20. The highest BCUT2D eigenvalue weighted by molar-refractivity contribution is 5.73. The summed E-state index contributed by atoms with van der Waals surface area (Å²) in [4.78, 5) is 11.8. The number of aliphatic hydroxyl groups is 8. The highest BCUT2D eigenvalue weighted by Gasteiger charge is 2.52. The first-order valence-corrected chi connectivity index (χ1v) is 15.4. The minimum atomic E-state index is -1.64. The number of rotatable bonds is 15. The summed E-state index contributed by atoms with van der Waals surface area (Å²) >= 11 is 0. The van der Waals surface area contributed by atoms with Crippen LogP contribution in [0.15, 0.2) is 0 Å². The van der Waals surface area contributed by atoms with Crippen LogP contribution in [0.2, 0.25) is 0 Å². The Morgan fingerprint density at radius 3 is 2.00 bits per heavy atom. The number of ether oxygens (including phenoxy) is 6. The highest BCUT2D eigenvalue weighted by atomic mass is 16.8. The van der Waals surface area contributed by atoms with Crippen LogP contribution in [0.25, 0.3) is 0 Å². The number of hydrogen-bond donors (Lipinski definition) is 9. The van der Waals surface area contributed by atoms with Crippen molar-refractivity contribution in [3.05, 3.63) is 0 Å². The quantitative estimate of drug-likeness (QED) is 0.0808. The maximum atomic E-state index is 11.8. The molecule has 3 saturated heterocycles. The molecule has 258 valence electrons. The Labute approximate surface area is 256 Å². The summed E-state index contributed by atoms with van der Waals surface area (Å²) in [5.74, 6) is -0.597. The van der Waals surface area contributed by atoms with E-state index in [9.17, 15) is 45.6 Å². The van der Waals surface area contributed by atoms with Gasteiger partial charge < -0.3 is 74.6 Å². The molecule has 0 saturated carbocycles. The summed E-state index contributed by atoms with van der Waals surface area (Å²) in [6, 6.07) is -1.35. The number of aliphatic hydroxyl groups excluding tert-OH is 8. The standard InChI is InChI=1S/C28H51NO15/c1-4-5-6-7-8-9-10-39-27-24(38)22(36)20(34)16(43-27)12-40-28-25(23(37)18(32)13(2)41-28)44-26-17(29-14(3)31)21(35)19(33)15(11-30)42-26/h13,15-28,30,32-38H,4-12H2,1-3H3,(H,29,31)/t13-,15-,16-,17+,18-,19-,20-,21-,22+,23+,24-,25+,26+,27+,28-/m1/s1. The number of unbranched alkanes of at least 4 members (excludes halogenated alkanes) is 5. The first-order valence-electron chi connectivity index (χ1n) is 15.4. The molecular weight excluding hydrogens is 590 g/mol. The summed E-state index contributed by atoms with van der Waals surface area (Å²) in [6.45, 7) is 3.88. The fraction of sp³-hybridized carbons (Fsp3) is 0.964. The fourth-order valence-electron chi connectivity index (χ4n) is 5.49. The molecular formula is C28H51NO15. The largest absolute Gasteiger partial charge is 0.394 e. The Hall–Kier alpha value is -1.09. The molecule has 0 radical (unpaired) electrons. The van der Waals surface area contributed by atoms with E-state index >= 15 is 0 Å². The topological polar surface area (TPSA) is 246 Å². The summed E-state index contributed by atoms with van der Waals surface area (Å²) in [5, 5.41) is 85.7. The van der Waals surface area contributed by atoms with Crippen LogP contribution in [0.3, 0.4) is 0 Å². The molecule has 15 atom stereocenters. The predicted octanol–water partition coefficient (Wildman–Crippen LogP) is -3.02. The number of carbonyl (C=O) groups is 1. The molecule has 16 nitrogen and oxygen atoms in total. The Morgan fingerprint density at radius 2 is 1.34 bits per heavy atom. The van der Waals surface area contributed by atoms with Gasteiger partial charge in [-0.3, -0.25) is 4.79 Å². The third-order valence-electron chi connectivity index (χ3n) is 8.20. The molecule has 9 N–H and O–H groups in total. The second kappa shape index (κ2) is 17.7. The predicted molar refractivity (Wildman–Crippen MR) is 149 cm³/mol. The van der Waals surface area contributed by atoms with Crippen LogP contribution >= 0.6 is 0 Å². The minimum Gasteiger partial charge on any atom is -0.394 e. The van der Waals surface area contributed by atoms with E-state index in [1.54, 1.807) is 0 Å². The Kier molecular flexibility index (Phi) is 15.1. The van der Waals surface area contributed by atoms with Gasteiger partial charge in [-0.1, -0.05) is 39.0 Å².